The molecule has 1 amide bonds. The van der Waals surface area contributed by atoms with Gasteiger partial charge in [-0.15, -0.1) is 0 Å². The maximum atomic E-state index is 10.7. The Balaban J connectivity index is 3.43. The van der Waals surface area contributed by atoms with E-state index in [0.717, 1.165) is 12.2 Å². The molecule has 0 radical (unpaired) electrons. The topological polar surface area (TPSA) is 29.5 Å². The number of ether oxygens (including phenoxy) is 1. The summed E-state index contributed by atoms with van der Waals surface area (Å²) < 4.78 is 5.22. The van der Waals surface area contributed by atoms with E-state index in [0.29, 0.717) is 13.2 Å². The van der Waals surface area contributed by atoms with Gasteiger partial charge < -0.3 is 9.64 Å². The van der Waals surface area contributed by atoms with E-state index >= 15 is 0 Å². The molecular weight excluding hydrogens is 154 g/mol. The number of likely N-dealkylation sites (N-methyl/N-ethyl adjacent to an activating group) is 1. The second-order valence-electron chi connectivity index (χ2n) is 2.68. The molecule has 3 nitrogen and oxygen atoms in total. The summed E-state index contributed by atoms with van der Waals surface area (Å²) in [5.74, 6) is 0.827. The Bertz CT molecular complexity index is 166. The average molecular weight is 171 g/mol. The first kappa shape index (κ1) is 11.0. The maximum absolute atomic E-state index is 10.7. The van der Waals surface area contributed by atoms with Crippen molar-refractivity contribution < 1.29 is 9.53 Å². The number of carbonyl (C=O) groups is 1. The largest absolute Gasteiger partial charge is 0.497 e. The van der Waals surface area contributed by atoms with Crippen LogP contribution in [0.2, 0.25) is 0 Å². The fraction of sp³-hybridized carbons (Fsp3) is 0.667. The number of carbonyl (C=O) groups excluding carboxylic acids is 1. The Morgan fingerprint density at radius 2 is 2.17 bits per heavy atom. The van der Waals surface area contributed by atoms with Gasteiger partial charge >= 0.3 is 0 Å². The number of hydrogen-bond donors (Lipinski definition) is 0. The van der Waals surface area contributed by atoms with E-state index in [2.05, 4.69) is 6.58 Å². The maximum Gasteiger partial charge on any atom is 0.219 e. The third kappa shape index (κ3) is 4.77. The Hall–Kier alpha value is -0.990. The molecule has 0 fully saturated rings. The molecule has 0 N–H and O–H groups in total. The van der Waals surface area contributed by atoms with Crippen LogP contribution in [0.4, 0.5) is 0 Å². The van der Waals surface area contributed by atoms with Gasteiger partial charge in [0, 0.05) is 20.4 Å². The van der Waals surface area contributed by atoms with Crippen molar-refractivity contribution in [3.63, 3.8) is 0 Å². The van der Waals surface area contributed by atoms with Gasteiger partial charge in [-0.3, -0.25) is 4.79 Å². The Labute approximate surface area is 74.0 Å². The predicted octanol–water partition coefficient (Wildman–Crippen LogP) is 1.41. The predicted molar refractivity (Wildman–Crippen MR) is 48.7 cm³/mol. The van der Waals surface area contributed by atoms with Crippen LogP contribution < -0.4 is 0 Å². The first-order chi connectivity index (χ1) is 5.57. The number of rotatable bonds is 5. The van der Waals surface area contributed by atoms with E-state index in [1.807, 2.05) is 6.92 Å². The van der Waals surface area contributed by atoms with Gasteiger partial charge in [0.2, 0.25) is 5.91 Å². The van der Waals surface area contributed by atoms with Crippen LogP contribution in [0.25, 0.3) is 0 Å². The van der Waals surface area contributed by atoms with E-state index in [4.69, 9.17) is 4.74 Å². The molecular formula is C9H17NO2. The minimum atomic E-state index is 0.0562. The highest BCUT2D eigenvalue weighted by molar-refractivity contribution is 5.72. The van der Waals surface area contributed by atoms with Gasteiger partial charge in [-0.2, -0.15) is 0 Å². The van der Waals surface area contributed by atoms with Crippen LogP contribution in [-0.2, 0) is 9.53 Å². The summed E-state index contributed by atoms with van der Waals surface area (Å²) in [6.07, 6.45) is 0.823. The highest BCUT2D eigenvalue weighted by Crippen LogP contribution is 1.97. The zero-order chi connectivity index (χ0) is 9.56. The molecule has 0 aromatic heterocycles. The molecule has 0 heterocycles. The summed E-state index contributed by atoms with van der Waals surface area (Å²) >= 11 is 0. The van der Waals surface area contributed by atoms with Crippen LogP contribution in [0.3, 0.4) is 0 Å². The van der Waals surface area contributed by atoms with E-state index < -0.39 is 0 Å². The normalized spacial score (nSPS) is 9.25. The zero-order valence-corrected chi connectivity index (χ0v) is 8.09. The summed E-state index contributed by atoms with van der Waals surface area (Å²) in [6.45, 7) is 8.36. The van der Waals surface area contributed by atoms with E-state index in [-0.39, 0.29) is 5.91 Å². The van der Waals surface area contributed by atoms with Crippen molar-refractivity contribution in [1.29, 1.82) is 0 Å². The third-order valence-corrected chi connectivity index (χ3v) is 1.66. The number of amides is 1. The summed E-state index contributed by atoms with van der Waals surface area (Å²) in [7, 11) is 1.75. The van der Waals surface area contributed by atoms with Crippen LogP contribution in [0.5, 0.6) is 0 Å². The second kappa shape index (κ2) is 5.63. The van der Waals surface area contributed by atoms with Crippen LogP contribution >= 0.6 is 0 Å². The molecule has 0 rings (SSSR count). The van der Waals surface area contributed by atoms with Gasteiger partial charge in [-0.1, -0.05) is 13.5 Å². The minimum Gasteiger partial charge on any atom is -0.497 e. The Morgan fingerprint density at radius 3 is 2.58 bits per heavy atom. The molecule has 0 bridgehead atoms. The first-order valence-corrected chi connectivity index (χ1v) is 4.10. The van der Waals surface area contributed by atoms with Crippen molar-refractivity contribution in [2.24, 2.45) is 0 Å². The fourth-order valence-corrected chi connectivity index (χ4v) is 0.586. The molecule has 0 saturated carbocycles. The van der Waals surface area contributed by atoms with Gasteiger partial charge in [-0.25, -0.2) is 0 Å². The van der Waals surface area contributed by atoms with Crippen molar-refractivity contribution in [1.82, 2.24) is 4.90 Å². The standard InChI is InChI=1S/C9H17NO2/c1-5-8(2)12-7-6-10(4)9(3)11/h2,5-7H2,1,3-4H3. The molecule has 3 heteroatoms. The second-order valence-corrected chi connectivity index (χ2v) is 2.68. The molecule has 0 saturated heterocycles. The molecule has 0 aromatic rings. The van der Waals surface area contributed by atoms with Gasteiger partial charge in [0.05, 0.1) is 12.3 Å². The SMILES string of the molecule is C=C(CC)OCCN(C)C(C)=O. The van der Waals surface area contributed by atoms with Gasteiger partial charge in [0.1, 0.15) is 6.61 Å². The van der Waals surface area contributed by atoms with Crippen LogP contribution in [0, 0.1) is 0 Å². The van der Waals surface area contributed by atoms with Crippen LogP contribution in [0.1, 0.15) is 20.3 Å². The van der Waals surface area contributed by atoms with Gasteiger partial charge in [-0.05, 0) is 0 Å². The van der Waals surface area contributed by atoms with Crippen LogP contribution in [0.15, 0.2) is 12.3 Å². The molecule has 0 aliphatic carbocycles. The minimum absolute atomic E-state index is 0.0562. The number of allylic oxidation sites excluding steroid dienone is 1. The molecule has 0 aliphatic heterocycles. The first-order valence-electron chi connectivity index (χ1n) is 4.10. The van der Waals surface area contributed by atoms with E-state index in [1.54, 1.807) is 11.9 Å². The number of nitrogens with zero attached hydrogens (tertiary/aromatic N) is 1. The summed E-state index contributed by atoms with van der Waals surface area (Å²) in [5.41, 5.74) is 0. The molecule has 70 valence electrons. The lowest BCUT2D eigenvalue weighted by Gasteiger charge is -2.15. The molecule has 12 heavy (non-hydrogen) atoms. The quantitative estimate of drug-likeness (QED) is 0.585. The van der Waals surface area contributed by atoms with Crippen molar-refractivity contribution >= 4 is 5.91 Å². The Kier molecular flexibility index (Phi) is 5.17. The van der Waals surface area contributed by atoms with Crippen LogP contribution in [-0.4, -0.2) is 31.0 Å². The molecule has 0 atom stereocenters. The highest BCUT2D eigenvalue weighted by atomic mass is 16.5. The van der Waals surface area contributed by atoms with Gasteiger partial charge in [0.25, 0.3) is 0 Å². The summed E-state index contributed by atoms with van der Waals surface area (Å²) in [6, 6.07) is 0. The summed E-state index contributed by atoms with van der Waals surface area (Å²) in [4.78, 5) is 12.4. The van der Waals surface area contributed by atoms with Crippen molar-refractivity contribution in [3.8, 4) is 0 Å². The zero-order valence-electron chi connectivity index (χ0n) is 8.09. The van der Waals surface area contributed by atoms with Crippen molar-refractivity contribution in [2.45, 2.75) is 20.3 Å². The lowest BCUT2D eigenvalue weighted by atomic mass is 10.4. The number of hydrogen-bond acceptors (Lipinski definition) is 2. The lowest BCUT2D eigenvalue weighted by molar-refractivity contribution is -0.128. The Morgan fingerprint density at radius 1 is 1.58 bits per heavy atom. The van der Waals surface area contributed by atoms with E-state index in [1.165, 1.54) is 6.92 Å². The van der Waals surface area contributed by atoms with Gasteiger partial charge in [0.15, 0.2) is 0 Å². The monoisotopic (exact) mass is 171 g/mol. The molecule has 0 aliphatic rings. The fourth-order valence-electron chi connectivity index (χ4n) is 0.586. The third-order valence-electron chi connectivity index (χ3n) is 1.66. The average Bonchev–Trinajstić information content (AvgIpc) is 2.03. The molecule has 0 spiro atoms. The van der Waals surface area contributed by atoms with Crippen molar-refractivity contribution in [3.05, 3.63) is 12.3 Å². The molecule has 0 aromatic carbocycles. The van der Waals surface area contributed by atoms with E-state index in [9.17, 15) is 4.79 Å². The lowest BCUT2D eigenvalue weighted by Crippen LogP contribution is -2.27. The van der Waals surface area contributed by atoms with Crippen molar-refractivity contribution in [2.75, 3.05) is 20.2 Å². The smallest absolute Gasteiger partial charge is 0.219 e. The molecule has 0 unspecified atom stereocenters. The highest BCUT2D eigenvalue weighted by Gasteiger charge is 2.00. The summed E-state index contributed by atoms with van der Waals surface area (Å²) in [5, 5.41) is 0.